The molecule has 3 heterocycles. The monoisotopic (exact) mass is 432 g/mol. The number of hydrogen-bond donors (Lipinski definition) is 2. The van der Waals surface area contributed by atoms with Gasteiger partial charge in [0.15, 0.2) is 0 Å². The highest BCUT2D eigenvalue weighted by Gasteiger charge is 2.41. The quantitative estimate of drug-likeness (QED) is 0.411. The number of rotatable bonds is 5. The first-order valence-corrected chi connectivity index (χ1v) is 10.7. The average Bonchev–Trinajstić information content (AvgIpc) is 3.24. The highest BCUT2D eigenvalue weighted by atomic mass is 32.1. The number of carboxylic acid groups (broad SMARTS) is 2. The van der Waals surface area contributed by atoms with Gasteiger partial charge in [-0.05, 0) is 55.2 Å². The molecule has 30 heavy (non-hydrogen) atoms. The molecule has 1 aromatic carbocycles. The maximum absolute atomic E-state index is 11.4. The number of benzene rings is 1. The minimum atomic E-state index is -1.26. The molecule has 1 aromatic heterocycles. The third-order valence-corrected chi connectivity index (χ3v) is 6.83. The first-order valence-electron chi connectivity index (χ1n) is 9.86. The summed E-state index contributed by atoms with van der Waals surface area (Å²) in [7, 11) is 0. The molecule has 0 saturated carbocycles. The smallest absolute Gasteiger partial charge is 0.328 e. The number of fused-ring (bicyclic) bond motifs is 3. The number of carboxylic acids is 2. The third kappa shape index (κ3) is 4.68. The van der Waals surface area contributed by atoms with E-state index < -0.39 is 11.9 Å². The van der Waals surface area contributed by atoms with Crippen molar-refractivity contribution < 1.29 is 24.7 Å². The minimum absolute atomic E-state index is 0.228. The number of thiophene rings is 1. The van der Waals surface area contributed by atoms with Crippen molar-refractivity contribution in [1.82, 2.24) is 4.90 Å². The molecule has 4 rings (SSSR count). The van der Waals surface area contributed by atoms with Crippen molar-refractivity contribution in [3.63, 3.8) is 0 Å². The second-order valence-corrected chi connectivity index (χ2v) is 8.40. The summed E-state index contributed by atoms with van der Waals surface area (Å²) in [4.78, 5) is 32.9. The normalized spacial score (nSPS) is 23.3. The van der Waals surface area contributed by atoms with Gasteiger partial charge >= 0.3 is 11.9 Å². The summed E-state index contributed by atoms with van der Waals surface area (Å²) in [5.74, 6) is -2.03. The molecule has 8 nitrogen and oxygen atoms in total. The van der Waals surface area contributed by atoms with E-state index in [1.807, 2.05) is 6.07 Å². The molecule has 2 fully saturated rings. The van der Waals surface area contributed by atoms with Gasteiger partial charge in [-0.25, -0.2) is 9.59 Å². The third-order valence-electron chi connectivity index (χ3n) is 5.86. The Kier molecular flexibility index (Phi) is 6.84. The van der Waals surface area contributed by atoms with E-state index in [-0.39, 0.29) is 10.6 Å². The van der Waals surface area contributed by atoms with Gasteiger partial charge in [0.1, 0.15) is 0 Å². The van der Waals surface area contributed by atoms with Crippen LogP contribution in [0.2, 0.25) is 0 Å². The number of hydrogen-bond acceptors (Lipinski definition) is 6. The van der Waals surface area contributed by atoms with Gasteiger partial charge in [0.05, 0.1) is 10.3 Å². The van der Waals surface area contributed by atoms with Crippen LogP contribution in [0.3, 0.4) is 0 Å². The summed E-state index contributed by atoms with van der Waals surface area (Å²) in [5.41, 5.74) is 1.50. The lowest BCUT2D eigenvalue weighted by Gasteiger charge is -2.38. The Morgan fingerprint density at radius 3 is 2.30 bits per heavy atom. The van der Waals surface area contributed by atoms with E-state index in [1.54, 1.807) is 23.5 Å². The Balaban J connectivity index is 0.000000275. The van der Waals surface area contributed by atoms with Crippen molar-refractivity contribution in [2.24, 2.45) is 0 Å². The lowest BCUT2D eigenvalue weighted by Crippen LogP contribution is -2.41. The number of nitrogens with zero attached hydrogens (tertiary/aromatic N) is 2. The standard InChI is InChI=1S/C17H20N2O2S.C4H4O4/c1-2-18-12-6-7-13(18)9-11(8-12)14-10-22-16-5-3-4-15(17(14)16)19(20)21;5-3(6)1-2-4(7)8/h3-5,10-13H,2,6-9H2,1H3;1-2H,(H,5,6)(H,7,8)/b;2-1-. The van der Waals surface area contributed by atoms with E-state index in [0.29, 0.717) is 30.2 Å². The van der Waals surface area contributed by atoms with E-state index in [0.717, 1.165) is 29.5 Å². The lowest BCUT2D eigenvalue weighted by atomic mass is 9.84. The summed E-state index contributed by atoms with van der Waals surface area (Å²) >= 11 is 1.65. The molecule has 2 N–H and O–H groups in total. The summed E-state index contributed by atoms with van der Waals surface area (Å²) in [6.07, 6.45) is 6.01. The van der Waals surface area contributed by atoms with Crippen LogP contribution in [0.1, 0.15) is 44.1 Å². The van der Waals surface area contributed by atoms with Crippen molar-refractivity contribution in [1.29, 1.82) is 0 Å². The SMILES string of the molecule is CCN1C2CCC1CC(c1csc3cccc([N+](=O)[O-])c13)C2.O=C(O)/C=C\C(=O)O. The molecule has 0 aliphatic carbocycles. The molecule has 2 unspecified atom stereocenters. The summed E-state index contributed by atoms with van der Waals surface area (Å²) in [5, 5.41) is 30.1. The van der Waals surface area contributed by atoms with Gasteiger partial charge in [-0.2, -0.15) is 0 Å². The van der Waals surface area contributed by atoms with Crippen LogP contribution >= 0.6 is 11.3 Å². The Bertz CT molecular complexity index is 955. The van der Waals surface area contributed by atoms with Crippen molar-refractivity contribution in [3.05, 3.63) is 51.4 Å². The van der Waals surface area contributed by atoms with Crippen LogP contribution in [0, 0.1) is 10.1 Å². The van der Waals surface area contributed by atoms with Crippen LogP contribution in [-0.4, -0.2) is 50.6 Å². The molecule has 2 saturated heterocycles. The molecule has 0 radical (unpaired) electrons. The number of nitro benzene ring substituents is 1. The number of carbonyl (C=O) groups is 2. The van der Waals surface area contributed by atoms with E-state index in [2.05, 4.69) is 17.2 Å². The highest BCUT2D eigenvalue weighted by Crippen LogP contribution is 2.47. The van der Waals surface area contributed by atoms with E-state index in [9.17, 15) is 19.7 Å². The molecular formula is C21H24N2O6S. The molecule has 2 aliphatic rings. The Morgan fingerprint density at radius 2 is 1.80 bits per heavy atom. The topological polar surface area (TPSA) is 121 Å². The van der Waals surface area contributed by atoms with Crippen LogP contribution in [-0.2, 0) is 9.59 Å². The van der Waals surface area contributed by atoms with Crippen molar-refractivity contribution >= 4 is 39.0 Å². The van der Waals surface area contributed by atoms with Gasteiger partial charge in [-0.1, -0.05) is 13.0 Å². The second-order valence-electron chi connectivity index (χ2n) is 7.49. The van der Waals surface area contributed by atoms with Gasteiger partial charge in [0.25, 0.3) is 5.69 Å². The molecule has 160 valence electrons. The summed E-state index contributed by atoms with van der Waals surface area (Å²) < 4.78 is 1.05. The Hall–Kier alpha value is -2.78. The van der Waals surface area contributed by atoms with Crippen molar-refractivity contribution in [2.75, 3.05) is 6.54 Å². The number of piperidine rings is 1. The predicted octanol–water partition coefficient (Wildman–Crippen LogP) is 4.25. The summed E-state index contributed by atoms with van der Waals surface area (Å²) in [6.45, 7) is 3.38. The zero-order valence-electron chi connectivity index (χ0n) is 16.6. The molecule has 2 bridgehead atoms. The Morgan fingerprint density at radius 1 is 1.20 bits per heavy atom. The molecule has 2 atom stereocenters. The maximum atomic E-state index is 11.4. The fourth-order valence-electron chi connectivity index (χ4n) is 4.73. The van der Waals surface area contributed by atoms with Crippen LogP contribution < -0.4 is 0 Å². The summed E-state index contributed by atoms with van der Waals surface area (Å²) in [6, 6.07) is 6.79. The molecule has 2 aliphatic heterocycles. The van der Waals surface area contributed by atoms with Crippen LogP contribution in [0.15, 0.2) is 35.7 Å². The average molecular weight is 432 g/mol. The van der Waals surface area contributed by atoms with Crippen LogP contribution in [0.25, 0.3) is 10.1 Å². The van der Waals surface area contributed by atoms with Gasteiger partial charge in [-0.15, -0.1) is 11.3 Å². The Labute approximate surface area is 177 Å². The molecule has 9 heteroatoms. The van der Waals surface area contributed by atoms with Gasteiger partial charge in [0.2, 0.25) is 0 Å². The predicted molar refractivity (Wildman–Crippen MR) is 114 cm³/mol. The van der Waals surface area contributed by atoms with Gasteiger partial charge in [0, 0.05) is 35.0 Å². The van der Waals surface area contributed by atoms with Gasteiger partial charge < -0.3 is 10.2 Å². The first-order chi connectivity index (χ1) is 14.3. The molecule has 2 aromatic rings. The molecule has 0 spiro atoms. The second kappa shape index (κ2) is 9.36. The fourth-order valence-corrected chi connectivity index (χ4v) is 5.79. The van der Waals surface area contributed by atoms with E-state index in [1.165, 1.54) is 18.4 Å². The van der Waals surface area contributed by atoms with Crippen molar-refractivity contribution in [3.8, 4) is 0 Å². The van der Waals surface area contributed by atoms with E-state index in [4.69, 9.17) is 10.2 Å². The lowest BCUT2D eigenvalue weighted by molar-refractivity contribution is -0.383. The largest absolute Gasteiger partial charge is 0.478 e. The fraction of sp³-hybridized carbons (Fsp3) is 0.429. The van der Waals surface area contributed by atoms with E-state index >= 15 is 0 Å². The minimum Gasteiger partial charge on any atom is -0.478 e. The number of aliphatic carboxylic acids is 2. The molecular weight excluding hydrogens is 408 g/mol. The van der Waals surface area contributed by atoms with Crippen LogP contribution in [0.5, 0.6) is 0 Å². The molecule has 0 amide bonds. The van der Waals surface area contributed by atoms with Crippen molar-refractivity contribution in [2.45, 2.75) is 50.6 Å². The zero-order valence-corrected chi connectivity index (χ0v) is 17.4. The maximum Gasteiger partial charge on any atom is 0.328 e. The first kappa shape index (κ1) is 21.9. The highest BCUT2D eigenvalue weighted by molar-refractivity contribution is 7.17. The van der Waals surface area contributed by atoms with Gasteiger partial charge in [-0.3, -0.25) is 15.0 Å². The number of non-ortho nitro benzene ring substituents is 1. The van der Waals surface area contributed by atoms with Crippen LogP contribution in [0.4, 0.5) is 5.69 Å². The number of nitro groups is 1. The zero-order chi connectivity index (χ0) is 21.8.